The SMILES string of the molecule is Cc1ccccc1NC(=O)NC1CCCCCC1CO. The average Bonchev–Trinajstić information content (AvgIpc) is 2.66. The predicted octanol–water partition coefficient (Wildman–Crippen LogP) is 3.06. The fourth-order valence-electron chi connectivity index (χ4n) is 2.83. The van der Waals surface area contributed by atoms with Crippen molar-refractivity contribution in [3.8, 4) is 0 Å². The molecule has 0 radical (unpaired) electrons. The van der Waals surface area contributed by atoms with Crippen LogP contribution in [0.4, 0.5) is 10.5 Å². The number of aliphatic hydroxyl groups excluding tert-OH is 1. The number of amides is 2. The van der Waals surface area contributed by atoms with E-state index >= 15 is 0 Å². The zero-order chi connectivity index (χ0) is 14.4. The lowest BCUT2D eigenvalue weighted by Gasteiger charge is -2.24. The van der Waals surface area contributed by atoms with E-state index in [2.05, 4.69) is 10.6 Å². The normalized spacial score (nSPS) is 22.9. The quantitative estimate of drug-likeness (QED) is 0.743. The molecule has 1 aliphatic rings. The number of para-hydroxylation sites is 1. The number of hydrogen-bond donors (Lipinski definition) is 3. The van der Waals surface area contributed by atoms with Gasteiger partial charge in [0.1, 0.15) is 0 Å². The predicted molar refractivity (Wildman–Crippen MR) is 80.8 cm³/mol. The van der Waals surface area contributed by atoms with E-state index in [9.17, 15) is 9.90 Å². The summed E-state index contributed by atoms with van der Waals surface area (Å²) in [6, 6.07) is 7.62. The summed E-state index contributed by atoms with van der Waals surface area (Å²) >= 11 is 0. The van der Waals surface area contributed by atoms with Crippen molar-refractivity contribution >= 4 is 11.7 Å². The maximum Gasteiger partial charge on any atom is 0.319 e. The molecule has 0 aromatic heterocycles. The highest BCUT2D eigenvalue weighted by Gasteiger charge is 2.24. The van der Waals surface area contributed by atoms with Gasteiger partial charge >= 0.3 is 6.03 Å². The molecule has 0 aliphatic heterocycles. The Morgan fingerprint density at radius 3 is 2.75 bits per heavy atom. The Kier molecular flexibility index (Phi) is 5.41. The number of urea groups is 1. The first-order valence-corrected chi connectivity index (χ1v) is 7.44. The Morgan fingerprint density at radius 2 is 2.00 bits per heavy atom. The highest BCUT2D eigenvalue weighted by atomic mass is 16.3. The maximum absolute atomic E-state index is 12.1. The topological polar surface area (TPSA) is 61.4 Å². The summed E-state index contributed by atoms with van der Waals surface area (Å²) in [4.78, 5) is 12.1. The molecule has 20 heavy (non-hydrogen) atoms. The fourth-order valence-corrected chi connectivity index (χ4v) is 2.83. The second kappa shape index (κ2) is 7.29. The van der Waals surface area contributed by atoms with E-state index in [0.29, 0.717) is 0 Å². The summed E-state index contributed by atoms with van der Waals surface area (Å²) in [6.45, 7) is 2.12. The molecular weight excluding hydrogens is 252 g/mol. The number of hydrogen-bond acceptors (Lipinski definition) is 2. The van der Waals surface area contributed by atoms with Gasteiger partial charge in [0, 0.05) is 24.3 Å². The van der Waals surface area contributed by atoms with Crippen LogP contribution in [0.2, 0.25) is 0 Å². The highest BCUT2D eigenvalue weighted by Crippen LogP contribution is 2.23. The monoisotopic (exact) mass is 276 g/mol. The minimum absolute atomic E-state index is 0.0755. The van der Waals surface area contributed by atoms with Gasteiger partial charge in [-0.25, -0.2) is 4.79 Å². The van der Waals surface area contributed by atoms with Crippen LogP contribution < -0.4 is 10.6 Å². The maximum atomic E-state index is 12.1. The van der Waals surface area contributed by atoms with Gasteiger partial charge in [-0.2, -0.15) is 0 Å². The molecule has 4 heteroatoms. The summed E-state index contributed by atoms with van der Waals surface area (Å²) in [5, 5.41) is 15.4. The largest absolute Gasteiger partial charge is 0.396 e. The van der Waals surface area contributed by atoms with Gasteiger partial charge in [-0.1, -0.05) is 37.5 Å². The van der Waals surface area contributed by atoms with Gasteiger partial charge in [0.25, 0.3) is 0 Å². The Bertz CT molecular complexity index is 448. The Morgan fingerprint density at radius 1 is 1.25 bits per heavy atom. The molecule has 0 heterocycles. The molecule has 2 unspecified atom stereocenters. The minimum Gasteiger partial charge on any atom is -0.396 e. The summed E-state index contributed by atoms with van der Waals surface area (Å²) in [5.74, 6) is 0.181. The summed E-state index contributed by atoms with van der Waals surface area (Å²) in [5.41, 5.74) is 1.88. The molecular formula is C16H24N2O2. The number of benzene rings is 1. The molecule has 110 valence electrons. The van der Waals surface area contributed by atoms with Gasteiger partial charge in [0.2, 0.25) is 0 Å². The van der Waals surface area contributed by atoms with Gasteiger partial charge in [0.05, 0.1) is 0 Å². The van der Waals surface area contributed by atoms with E-state index in [1.54, 1.807) is 0 Å². The second-order valence-corrected chi connectivity index (χ2v) is 5.60. The van der Waals surface area contributed by atoms with Crippen molar-refractivity contribution < 1.29 is 9.90 Å². The van der Waals surface area contributed by atoms with E-state index in [1.165, 1.54) is 6.42 Å². The number of aliphatic hydroxyl groups is 1. The lowest BCUT2D eigenvalue weighted by Crippen LogP contribution is -2.43. The van der Waals surface area contributed by atoms with Crippen LogP contribution in [0.15, 0.2) is 24.3 Å². The molecule has 1 fully saturated rings. The van der Waals surface area contributed by atoms with E-state index in [1.807, 2.05) is 31.2 Å². The van der Waals surface area contributed by atoms with Crippen LogP contribution in [-0.4, -0.2) is 23.8 Å². The molecule has 1 saturated carbocycles. The van der Waals surface area contributed by atoms with Crippen LogP contribution in [-0.2, 0) is 0 Å². The Hall–Kier alpha value is -1.55. The fraction of sp³-hybridized carbons (Fsp3) is 0.562. The zero-order valence-electron chi connectivity index (χ0n) is 12.1. The van der Waals surface area contributed by atoms with Crippen LogP contribution in [0.3, 0.4) is 0 Å². The zero-order valence-corrected chi connectivity index (χ0v) is 12.1. The second-order valence-electron chi connectivity index (χ2n) is 5.60. The number of rotatable bonds is 3. The molecule has 3 N–H and O–H groups in total. The molecule has 1 aliphatic carbocycles. The number of carbonyl (C=O) groups excluding carboxylic acids is 1. The molecule has 0 saturated heterocycles. The molecule has 2 atom stereocenters. The first-order valence-electron chi connectivity index (χ1n) is 7.44. The van der Waals surface area contributed by atoms with Crippen molar-refractivity contribution in [1.29, 1.82) is 0 Å². The van der Waals surface area contributed by atoms with Crippen molar-refractivity contribution in [2.24, 2.45) is 5.92 Å². The molecule has 1 aromatic rings. The highest BCUT2D eigenvalue weighted by molar-refractivity contribution is 5.90. The smallest absolute Gasteiger partial charge is 0.319 e. The van der Waals surface area contributed by atoms with Crippen molar-refractivity contribution in [3.63, 3.8) is 0 Å². The summed E-state index contributed by atoms with van der Waals surface area (Å²) in [6.07, 6.45) is 5.39. The van der Waals surface area contributed by atoms with Crippen LogP contribution in [0.1, 0.15) is 37.7 Å². The molecule has 2 rings (SSSR count). The van der Waals surface area contributed by atoms with Crippen LogP contribution in [0, 0.1) is 12.8 Å². The van der Waals surface area contributed by atoms with Gasteiger partial charge in [-0.05, 0) is 31.4 Å². The molecule has 4 nitrogen and oxygen atoms in total. The van der Waals surface area contributed by atoms with Crippen LogP contribution in [0.25, 0.3) is 0 Å². The summed E-state index contributed by atoms with van der Waals surface area (Å²) in [7, 11) is 0. The van der Waals surface area contributed by atoms with Gasteiger partial charge in [0.15, 0.2) is 0 Å². The van der Waals surface area contributed by atoms with Gasteiger partial charge in [-0.15, -0.1) is 0 Å². The van der Waals surface area contributed by atoms with Crippen molar-refractivity contribution in [1.82, 2.24) is 5.32 Å². The van der Waals surface area contributed by atoms with Gasteiger partial charge in [-0.3, -0.25) is 0 Å². The number of nitrogens with one attached hydrogen (secondary N) is 2. The van der Waals surface area contributed by atoms with Crippen molar-refractivity contribution in [2.45, 2.75) is 45.1 Å². The van der Waals surface area contributed by atoms with Crippen molar-refractivity contribution in [2.75, 3.05) is 11.9 Å². The first kappa shape index (κ1) is 14.9. The van der Waals surface area contributed by atoms with E-state index in [4.69, 9.17) is 0 Å². The standard InChI is InChI=1S/C16H24N2O2/c1-12-7-5-6-9-14(12)17-16(20)18-15-10-4-2-3-8-13(15)11-19/h5-7,9,13,15,19H,2-4,8,10-11H2,1H3,(H2,17,18,20). The molecule has 1 aromatic carbocycles. The first-order chi connectivity index (χ1) is 9.70. The van der Waals surface area contributed by atoms with Crippen molar-refractivity contribution in [3.05, 3.63) is 29.8 Å². The van der Waals surface area contributed by atoms with E-state index < -0.39 is 0 Å². The van der Waals surface area contributed by atoms with Crippen LogP contribution >= 0.6 is 0 Å². The third kappa shape index (κ3) is 3.97. The van der Waals surface area contributed by atoms with E-state index in [-0.39, 0.29) is 24.6 Å². The summed E-state index contributed by atoms with van der Waals surface area (Å²) < 4.78 is 0. The van der Waals surface area contributed by atoms with Gasteiger partial charge < -0.3 is 15.7 Å². The number of aryl methyl sites for hydroxylation is 1. The lowest BCUT2D eigenvalue weighted by molar-refractivity contribution is 0.182. The number of anilines is 1. The molecule has 0 spiro atoms. The average molecular weight is 276 g/mol. The van der Waals surface area contributed by atoms with E-state index in [0.717, 1.165) is 36.9 Å². The Labute approximate surface area is 120 Å². The third-order valence-corrected chi connectivity index (χ3v) is 4.10. The third-order valence-electron chi connectivity index (χ3n) is 4.10. The molecule has 0 bridgehead atoms. The number of carbonyl (C=O) groups is 1. The lowest BCUT2D eigenvalue weighted by atomic mass is 9.96. The minimum atomic E-state index is -0.176. The van der Waals surface area contributed by atoms with Crippen LogP contribution in [0.5, 0.6) is 0 Å². The molecule has 2 amide bonds. The Balaban J connectivity index is 1.94.